The zero-order chi connectivity index (χ0) is 22.2. The number of H-pyrrole nitrogens is 2. The Kier molecular flexibility index (Phi) is 5.31. The molecule has 0 amide bonds. The molecule has 2 aromatic carbocycles. The van der Waals surface area contributed by atoms with E-state index in [2.05, 4.69) is 9.97 Å². The van der Waals surface area contributed by atoms with E-state index >= 15 is 0 Å². The van der Waals surface area contributed by atoms with E-state index in [4.69, 9.17) is 9.47 Å². The van der Waals surface area contributed by atoms with Gasteiger partial charge in [-0.3, -0.25) is 9.59 Å². The molecule has 6 nitrogen and oxygen atoms in total. The van der Waals surface area contributed by atoms with Gasteiger partial charge >= 0.3 is 11.9 Å². The van der Waals surface area contributed by atoms with Crippen molar-refractivity contribution in [1.29, 1.82) is 0 Å². The highest BCUT2D eigenvalue weighted by Gasteiger charge is 2.56. The molecule has 2 heterocycles. The number of carbonyl (C=O) groups excluding carboxylic acids is 2. The molecule has 0 saturated heterocycles. The molecular weight excluding hydrogens is 392 g/mol. The van der Waals surface area contributed by atoms with E-state index in [9.17, 15) is 9.59 Å². The number of rotatable bonds is 6. The highest BCUT2D eigenvalue weighted by atomic mass is 16.6. The number of aryl methyl sites for hydroxylation is 2. The van der Waals surface area contributed by atoms with Gasteiger partial charge in [0.05, 0.1) is 13.2 Å². The molecule has 4 rings (SSSR count). The first kappa shape index (κ1) is 20.7. The van der Waals surface area contributed by atoms with E-state index in [1.165, 1.54) is 0 Å². The summed E-state index contributed by atoms with van der Waals surface area (Å²) in [6.07, 6.45) is 0. The minimum Gasteiger partial charge on any atom is -0.465 e. The second-order valence-electron chi connectivity index (χ2n) is 7.53. The fourth-order valence-electron chi connectivity index (χ4n) is 4.62. The third kappa shape index (κ3) is 3.02. The normalized spacial score (nSPS) is 11.7. The largest absolute Gasteiger partial charge is 0.465 e. The Morgan fingerprint density at radius 2 is 1.13 bits per heavy atom. The molecule has 0 saturated carbocycles. The average molecular weight is 418 g/mol. The first-order valence-corrected chi connectivity index (χ1v) is 10.5. The molecular formula is C25H26N2O4. The van der Waals surface area contributed by atoms with Crippen molar-refractivity contribution in [2.45, 2.75) is 33.1 Å². The fraction of sp³-hybridized carbons (Fsp3) is 0.280. The lowest BCUT2D eigenvalue weighted by atomic mass is 9.71. The number of aromatic amines is 2. The van der Waals surface area contributed by atoms with Crippen LogP contribution in [0.3, 0.4) is 0 Å². The van der Waals surface area contributed by atoms with Crippen molar-refractivity contribution in [3.8, 4) is 0 Å². The summed E-state index contributed by atoms with van der Waals surface area (Å²) >= 11 is 0. The van der Waals surface area contributed by atoms with Crippen molar-refractivity contribution in [1.82, 2.24) is 9.97 Å². The monoisotopic (exact) mass is 418 g/mol. The third-order valence-corrected chi connectivity index (χ3v) is 5.70. The lowest BCUT2D eigenvalue weighted by molar-refractivity contribution is -0.162. The summed E-state index contributed by atoms with van der Waals surface area (Å²) in [5, 5.41) is 1.57. The number of esters is 2. The Hall–Kier alpha value is -3.54. The Labute approximate surface area is 180 Å². The van der Waals surface area contributed by atoms with Crippen LogP contribution >= 0.6 is 0 Å². The van der Waals surface area contributed by atoms with Gasteiger partial charge in [-0.15, -0.1) is 0 Å². The minimum absolute atomic E-state index is 0.142. The van der Waals surface area contributed by atoms with Gasteiger partial charge in [0.25, 0.3) is 0 Å². The summed E-state index contributed by atoms with van der Waals surface area (Å²) in [5.74, 6) is -1.29. The van der Waals surface area contributed by atoms with Crippen LogP contribution in [0.15, 0.2) is 48.5 Å². The fourth-order valence-corrected chi connectivity index (χ4v) is 4.62. The van der Waals surface area contributed by atoms with Crippen LogP contribution in [0, 0.1) is 13.8 Å². The van der Waals surface area contributed by atoms with Gasteiger partial charge in [-0.2, -0.15) is 0 Å². The number of aromatic nitrogens is 2. The van der Waals surface area contributed by atoms with E-state index in [0.717, 1.165) is 21.8 Å². The number of ether oxygens (including phenoxy) is 2. The van der Waals surface area contributed by atoms with E-state index < -0.39 is 17.4 Å². The molecule has 31 heavy (non-hydrogen) atoms. The maximum Gasteiger partial charge on any atom is 0.332 e. The molecule has 2 aromatic heterocycles. The van der Waals surface area contributed by atoms with Gasteiger partial charge in [-0.1, -0.05) is 36.4 Å². The Morgan fingerprint density at radius 1 is 0.742 bits per heavy atom. The number of hydrogen-bond donors (Lipinski definition) is 2. The van der Waals surface area contributed by atoms with Crippen molar-refractivity contribution in [2.75, 3.05) is 13.2 Å². The summed E-state index contributed by atoms with van der Waals surface area (Å²) in [6.45, 7) is 7.49. The summed E-state index contributed by atoms with van der Waals surface area (Å²) in [4.78, 5) is 34.3. The molecule has 2 N–H and O–H groups in total. The number of carbonyl (C=O) groups is 2. The van der Waals surface area contributed by atoms with E-state index in [-0.39, 0.29) is 13.2 Å². The zero-order valence-corrected chi connectivity index (χ0v) is 18.2. The van der Waals surface area contributed by atoms with E-state index in [1.54, 1.807) is 13.8 Å². The second kappa shape index (κ2) is 7.95. The molecule has 160 valence electrons. The summed E-state index contributed by atoms with van der Waals surface area (Å²) < 4.78 is 11.1. The van der Waals surface area contributed by atoms with Crippen LogP contribution in [-0.2, 0) is 24.5 Å². The Balaban J connectivity index is 2.21. The van der Waals surface area contributed by atoms with Gasteiger partial charge in [-0.25, -0.2) is 0 Å². The molecule has 0 aliphatic carbocycles. The van der Waals surface area contributed by atoms with E-state index in [1.807, 2.05) is 62.4 Å². The lowest BCUT2D eigenvalue weighted by Gasteiger charge is -2.31. The average Bonchev–Trinajstić information content (AvgIpc) is 3.26. The standard InChI is InChI=1S/C25H26N2O4/c1-5-30-23(28)25(24(29)31-6-2,21-15(3)26-19-13-9-7-11-17(19)21)22-16(4)27-20-14-10-8-12-18(20)22/h7-14,26-27H,5-6H2,1-4H3. The van der Waals surface area contributed by atoms with Gasteiger partial charge in [0.2, 0.25) is 5.41 Å². The van der Waals surface area contributed by atoms with Crippen molar-refractivity contribution < 1.29 is 19.1 Å². The van der Waals surface area contributed by atoms with Gasteiger partial charge in [-0.05, 0) is 39.8 Å². The van der Waals surface area contributed by atoms with Crippen molar-refractivity contribution >= 4 is 33.7 Å². The summed E-state index contributed by atoms with van der Waals surface area (Å²) in [7, 11) is 0. The number of fused-ring (bicyclic) bond motifs is 2. The van der Waals surface area contributed by atoms with Crippen LogP contribution in [0.25, 0.3) is 21.8 Å². The van der Waals surface area contributed by atoms with Crippen LogP contribution < -0.4 is 0 Å². The Bertz CT molecular complexity index is 1180. The molecule has 0 fully saturated rings. The first-order chi connectivity index (χ1) is 15.0. The van der Waals surface area contributed by atoms with E-state index in [0.29, 0.717) is 22.5 Å². The topological polar surface area (TPSA) is 84.2 Å². The van der Waals surface area contributed by atoms with Crippen LogP contribution in [0.2, 0.25) is 0 Å². The second-order valence-corrected chi connectivity index (χ2v) is 7.53. The van der Waals surface area contributed by atoms with Gasteiger partial charge in [0.1, 0.15) is 0 Å². The number of para-hydroxylation sites is 2. The third-order valence-electron chi connectivity index (χ3n) is 5.70. The molecule has 0 spiro atoms. The van der Waals surface area contributed by atoms with Crippen LogP contribution in [0.4, 0.5) is 0 Å². The molecule has 4 aromatic rings. The minimum atomic E-state index is -1.78. The number of hydrogen-bond acceptors (Lipinski definition) is 4. The molecule has 0 atom stereocenters. The smallest absolute Gasteiger partial charge is 0.332 e. The maximum absolute atomic E-state index is 13.8. The highest BCUT2D eigenvalue weighted by Crippen LogP contribution is 2.45. The maximum atomic E-state index is 13.8. The zero-order valence-electron chi connectivity index (χ0n) is 18.2. The molecule has 0 aliphatic rings. The molecule has 0 bridgehead atoms. The highest BCUT2D eigenvalue weighted by molar-refractivity contribution is 6.16. The molecule has 0 aliphatic heterocycles. The number of nitrogens with one attached hydrogen (secondary N) is 2. The van der Waals surface area contributed by atoms with Crippen molar-refractivity contribution in [3.05, 3.63) is 71.0 Å². The summed E-state index contributed by atoms with van der Waals surface area (Å²) in [5.41, 5.74) is 2.45. The van der Waals surface area contributed by atoms with Crippen LogP contribution in [0.5, 0.6) is 0 Å². The lowest BCUT2D eigenvalue weighted by Crippen LogP contribution is -2.48. The van der Waals surface area contributed by atoms with Gasteiger partial charge in [0.15, 0.2) is 0 Å². The van der Waals surface area contributed by atoms with Crippen LogP contribution in [-0.4, -0.2) is 35.1 Å². The number of benzene rings is 2. The summed E-state index contributed by atoms with van der Waals surface area (Å²) in [6, 6.07) is 15.3. The Morgan fingerprint density at radius 3 is 1.52 bits per heavy atom. The molecule has 0 unspecified atom stereocenters. The quantitative estimate of drug-likeness (QED) is 0.352. The molecule has 0 radical (unpaired) electrons. The van der Waals surface area contributed by atoms with Gasteiger partial charge in [0, 0.05) is 44.3 Å². The molecule has 6 heteroatoms. The predicted molar refractivity (Wildman–Crippen MR) is 120 cm³/mol. The van der Waals surface area contributed by atoms with Crippen molar-refractivity contribution in [2.24, 2.45) is 0 Å². The first-order valence-electron chi connectivity index (χ1n) is 10.5. The van der Waals surface area contributed by atoms with Crippen LogP contribution in [0.1, 0.15) is 36.4 Å². The van der Waals surface area contributed by atoms with Crippen molar-refractivity contribution in [3.63, 3.8) is 0 Å². The SMILES string of the molecule is CCOC(=O)C(C(=O)OCC)(c1c(C)[nH]c2ccccc12)c1c(C)[nH]c2ccccc12. The predicted octanol–water partition coefficient (Wildman–Crippen LogP) is 4.68. The van der Waals surface area contributed by atoms with Gasteiger partial charge < -0.3 is 19.4 Å².